The van der Waals surface area contributed by atoms with Crippen LogP contribution in [0.1, 0.15) is 41.1 Å². The fourth-order valence-electron chi connectivity index (χ4n) is 4.19. The van der Waals surface area contributed by atoms with Gasteiger partial charge in [0.1, 0.15) is 23.1 Å². The smallest absolute Gasteiger partial charge is 0.220 e. The highest BCUT2D eigenvalue weighted by Crippen LogP contribution is 2.35. The van der Waals surface area contributed by atoms with Crippen LogP contribution in [0.25, 0.3) is 0 Å². The van der Waals surface area contributed by atoms with Crippen molar-refractivity contribution >= 4 is 5.91 Å². The van der Waals surface area contributed by atoms with Gasteiger partial charge in [0, 0.05) is 36.0 Å². The van der Waals surface area contributed by atoms with Crippen LogP contribution in [0.15, 0.2) is 24.3 Å². The van der Waals surface area contributed by atoms with Crippen LogP contribution in [0.4, 0.5) is 8.78 Å². The van der Waals surface area contributed by atoms with Gasteiger partial charge in [0.15, 0.2) is 0 Å². The number of nitrogens with two attached hydrogens (primary N) is 1. The molecular formula is C22H24F2N2O3. The number of benzene rings is 2. The molecule has 0 bridgehead atoms. The maximum absolute atomic E-state index is 14.6. The Hall–Kier alpha value is -2.67. The highest BCUT2D eigenvalue weighted by atomic mass is 19.1. The van der Waals surface area contributed by atoms with Crippen molar-refractivity contribution < 1.29 is 23.0 Å². The summed E-state index contributed by atoms with van der Waals surface area (Å²) in [6.07, 6.45) is 2.00. The zero-order valence-corrected chi connectivity index (χ0v) is 16.1. The molecule has 1 unspecified atom stereocenters. The van der Waals surface area contributed by atoms with Gasteiger partial charge in [-0.05, 0) is 49.2 Å². The number of fused-ring (bicyclic) bond motifs is 2. The third-order valence-corrected chi connectivity index (χ3v) is 5.55. The van der Waals surface area contributed by atoms with Gasteiger partial charge in [0.25, 0.3) is 0 Å². The maximum Gasteiger partial charge on any atom is 0.220 e. The van der Waals surface area contributed by atoms with Gasteiger partial charge in [-0.1, -0.05) is 0 Å². The summed E-state index contributed by atoms with van der Waals surface area (Å²) < 4.78 is 39.9. The van der Waals surface area contributed by atoms with Crippen molar-refractivity contribution in [1.82, 2.24) is 5.32 Å². The molecule has 0 fully saturated rings. The zero-order valence-electron chi connectivity index (χ0n) is 16.1. The second-order valence-corrected chi connectivity index (χ2v) is 7.33. The summed E-state index contributed by atoms with van der Waals surface area (Å²) in [5.74, 6) is 0.362. The third-order valence-electron chi connectivity index (χ3n) is 5.55. The second kappa shape index (κ2) is 8.37. The van der Waals surface area contributed by atoms with E-state index in [1.54, 1.807) is 12.1 Å². The minimum absolute atomic E-state index is 0.0988. The van der Waals surface area contributed by atoms with Crippen LogP contribution < -0.4 is 20.5 Å². The molecule has 2 aromatic rings. The molecule has 7 heteroatoms. The van der Waals surface area contributed by atoms with Crippen molar-refractivity contribution in [1.29, 1.82) is 0 Å². The molecule has 0 aromatic heterocycles. The Labute approximate surface area is 168 Å². The van der Waals surface area contributed by atoms with Gasteiger partial charge in [-0.15, -0.1) is 0 Å². The van der Waals surface area contributed by atoms with Gasteiger partial charge in [-0.2, -0.15) is 0 Å². The Kier molecular flexibility index (Phi) is 5.67. The summed E-state index contributed by atoms with van der Waals surface area (Å²) in [7, 11) is 0. The van der Waals surface area contributed by atoms with Crippen LogP contribution in [0.5, 0.6) is 11.5 Å². The number of nitrogens with one attached hydrogen (secondary N) is 1. The molecule has 2 aromatic carbocycles. The number of carbonyl (C=O) groups excluding carboxylic acids is 1. The SMILES string of the molecule is NCCC(NC(=O)CCc1c(F)ccc2c1CCO2)c1c(F)ccc2c1CCO2. The lowest BCUT2D eigenvalue weighted by molar-refractivity contribution is -0.121. The lowest BCUT2D eigenvalue weighted by Gasteiger charge is -2.21. The molecular weight excluding hydrogens is 378 g/mol. The van der Waals surface area contributed by atoms with Crippen LogP contribution in [0.2, 0.25) is 0 Å². The van der Waals surface area contributed by atoms with Crippen molar-refractivity contribution in [2.75, 3.05) is 19.8 Å². The van der Waals surface area contributed by atoms with E-state index in [1.807, 2.05) is 0 Å². The van der Waals surface area contributed by atoms with Crippen molar-refractivity contribution in [3.8, 4) is 11.5 Å². The molecule has 4 rings (SSSR count). The van der Waals surface area contributed by atoms with E-state index >= 15 is 0 Å². The number of rotatable bonds is 7. The Balaban J connectivity index is 1.49. The van der Waals surface area contributed by atoms with Gasteiger partial charge < -0.3 is 20.5 Å². The highest BCUT2D eigenvalue weighted by molar-refractivity contribution is 5.77. The summed E-state index contributed by atoms with van der Waals surface area (Å²) in [4.78, 5) is 12.6. The zero-order chi connectivity index (χ0) is 20.4. The predicted octanol–water partition coefficient (Wildman–Crippen LogP) is 2.97. The summed E-state index contributed by atoms with van der Waals surface area (Å²) in [5, 5.41) is 2.89. The quantitative estimate of drug-likeness (QED) is 0.747. The average molecular weight is 402 g/mol. The second-order valence-electron chi connectivity index (χ2n) is 7.33. The first-order valence-corrected chi connectivity index (χ1v) is 9.95. The van der Waals surface area contributed by atoms with Gasteiger partial charge in [0.2, 0.25) is 5.91 Å². The summed E-state index contributed by atoms with van der Waals surface area (Å²) in [6, 6.07) is 5.43. The van der Waals surface area contributed by atoms with Crippen molar-refractivity contribution in [2.24, 2.45) is 5.73 Å². The summed E-state index contributed by atoms with van der Waals surface area (Å²) in [6.45, 7) is 1.32. The first kappa shape index (κ1) is 19.6. The third kappa shape index (κ3) is 3.92. The molecule has 0 radical (unpaired) electrons. The summed E-state index contributed by atoms with van der Waals surface area (Å²) >= 11 is 0. The van der Waals surface area contributed by atoms with E-state index in [-0.39, 0.29) is 30.4 Å². The molecule has 2 aliphatic rings. The number of ether oxygens (including phenoxy) is 2. The lowest BCUT2D eigenvalue weighted by atomic mass is 9.95. The van der Waals surface area contributed by atoms with Gasteiger partial charge >= 0.3 is 0 Å². The minimum Gasteiger partial charge on any atom is -0.493 e. The largest absolute Gasteiger partial charge is 0.493 e. The van der Waals surface area contributed by atoms with Crippen LogP contribution in [0.3, 0.4) is 0 Å². The van der Waals surface area contributed by atoms with E-state index in [0.29, 0.717) is 61.6 Å². The Morgan fingerprint density at radius 1 is 1.03 bits per heavy atom. The van der Waals surface area contributed by atoms with Gasteiger partial charge in [-0.25, -0.2) is 8.78 Å². The lowest BCUT2D eigenvalue weighted by Crippen LogP contribution is -2.31. The van der Waals surface area contributed by atoms with Crippen LogP contribution in [-0.2, 0) is 24.1 Å². The highest BCUT2D eigenvalue weighted by Gasteiger charge is 2.27. The molecule has 29 heavy (non-hydrogen) atoms. The minimum atomic E-state index is -0.543. The van der Waals surface area contributed by atoms with Crippen molar-refractivity contribution in [3.63, 3.8) is 0 Å². The van der Waals surface area contributed by atoms with Crippen LogP contribution in [0, 0.1) is 11.6 Å². The fraction of sp³-hybridized carbons (Fsp3) is 0.409. The number of amides is 1. The molecule has 154 valence electrons. The molecule has 0 aliphatic carbocycles. The van der Waals surface area contributed by atoms with E-state index in [1.165, 1.54) is 12.1 Å². The Morgan fingerprint density at radius 3 is 2.41 bits per heavy atom. The normalized spacial score (nSPS) is 15.3. The molecule has 2 aliphatic heterocycles. The fourth-order valence-corrected chi connectivity index (χ4v) is 4.19. The van der Waals surface area contributed by atoms with Gasteiger partial charge in [-0.3, -0.25) is 4.79 Å². The molecule has 5 nitrogen and oxygen atoms in total. The Morgan fingerprint density at radius 2 is 1.69 bits per heavy atom. The number of hydrogen-bond acceptors (Lipinski definition) is 4. The molecule has 3 N–H and O–H groups in total. The molecule has 1 amide bonds. The van der Waals surface area contributed by atoms with E-state index in [9.17, 15) is 13.6 Å². The molecule has 2 heterocycles. The number of hydrogen-bond donors (Lipinski definition) is 2. The van der Waals surface area contributed by atoms with E-state index in [4.69, 9.17) is 15.2 Å². The number of carbonyl (C=O) groups is 1. The first-order chi connectivity index (χ1) is 14.1. The molecule has 0 saturated heterocycles. The van der Waals surface area contributed by atoms with E-state index < -0.39 is 6.04 Å². The van der Waals surface area contributed by atoms with Crippen molar-refractivity contribution in [2.45, 2.75) is 38.1 Å². The topological polar surface area (TPSA) is 73.6 Å². The van der Waals surface area contributed by atoms with Crippen LogP contribution in [-0.4, -0.2) is 25.7 Å². The van der Waals surface area contributed by atoms with Crippen LogP contribution >= 0.6 is 0 Å². The predicted molar refractivity (Wildman–Crippen MR) is 104 cm³/mol. The first-order valence-electron chi connectivity index (χ1n) is 9.95. The number of halogens is 2. The average Bonchev–Trinajstić information content (AvgIpc) is 3.36. The van der Waals surface area contributed by atoms with Gasteiger partial charge in [0.05, 0.1) is 19.3 Å². The molecule has 0 spiro atoms. The standard InChI is InChI=1S/C22H24F2N2O3/c23-16-2-4-19-14(8-11-28-19)13(16)1-6-21(27)26-18(7-10-25)22-15-9-12-29-20(15)5-3-17(22)24/h2-5,18H,1,6-12,25H2,(H,26,27). The maximum atomic E-state index is 14.6. The van der Waals surface area contributed by atoms with E-state index in [2.05, 4.69) is 5.32 Å². The van der Waals surface area contributed by atoms with E-state index in [0.717, 1.165) is 11.1 Å². The van der Waals surface area contributed by atoms with Crippen molar-refractivity contribution in [3.05, 3.63) is 58.2 Å². The Bertz CT molecular complexity index is 933. The monoisotopic (exact) mass is 402 g/mol. The summed E-state index contributed by atoms with van der Waals surface area (Å²) in [5.41, 5.74) is 8.30. The molecule has 1 atom stereocenters. The molecule has 0 saturated carbocycles.